The van der Waals surface area contributed by atoms with Gasteiger partial charge in [0, 0.05) is 25.3 Å². The van der Waals surface area contributed by atoms with E-state index in [4.69, 9.17) is 0 Å². The van der Waals surface area contributed by atoms with Gasteiger partial charge in [-0.25, -0.2) is 13.1 Å². The van der Waals surface area contributed by atoms with Crippen LogP contribution in [-0.2, 0) is 22.2 Å². The van der Waals surface area contributed by atoms with Crippen molar-refractivity contribution in [3.05, 3.63) is 65.2 Å². The fraction of sp³-hybridized carbons (Fsp3) is 0.400. The maximum Gasteiger partial charge on any atom is 0.215 e. The van der Waals surface area contributed by atoms with E-state index >= 15 is 0 Å². The minimum atomic E-state index is -3.31. The Morgan fingerprint density at radius 1 is 1.00 bits per heavy atom. The third kappa shape index (κ3) is 5.06. The lowest BCUT2D eigenvalue weighted by Crippen LogP contribution is -2.27. The van der Waals surface area contributed by atoms with Crippen molar-refractivity contribution in [1.29, 1.82) is 0 Å². The number of rotatable bonds is 7. The fourth-order valence-corrected chi connectivity index (χ4v) is 4.48. The Morgan fingerprint density at radius 3 is 2.36 bits per heavy atom. The van der Waals surface area contributed by atoms with Crippen molar-refractivity contribution in [3.8, 4) is 0 Å². The Morgan fingerprint density at radius 2 is 1.68 bits per heavy atom. The third-order valence-corrected chi connectivity index (χ3v) is 6.08. The van der Waals surface area contributed by atoms with E-state index in [-0.39, 0.29) is 5.75 Å². The van der Waals surface area contributed by atoms with Crippen molar-refractivity contribution >= 4 is 15.7 Å². The van der Waals surface area contributed by atoms with Gasteiger partial charge < -0.3 is 4.90 Å². The zero-order valence-electron chi connectivity index (χ0n) is 14.7. The molecule has 0 spiro atoms. The lowest BCUT2D eigenvalue weighted by molar-refractivity contribution is 0.580. The number of anilines is 1. The first kappa shape index (κ1) is 18.0. The Bertz CT molecular complexity index is 795. The first-order valence-electron chi connectivity index (χ1n) is 8.89. The molecule has 0 unspecified atom stereocenters. The van der Waals surface area contributed by atoms with E-state index in [2.05, 4.69) is 33.9 Å². The van der Waals surface area contributed by atoms with Gasteiger partial charge in [0.25, 0.3) is 0 Å². The maximum absolute atomic E-state index is 12.3. The first-order valence-corrected chi connectivity index (χ1v) is 10.5. The number of nitrogens with zero attached hydrogens (tertiary/aromatic N) is 1. The Balaban J connectivity index is 1.50. The van der Waals surface area contributed by atoms with Crippen molar-refractivity contribution in [2.75, 3.05) is 24.5 Å². The molecule has 2 aromatic carbocycles. The van der Waals surface area contributed by atoms with E-state index in [0.29, 0.717) is 13.0 Å². The predicted molar refractivity (Wildman–Crippen MR) is 103 cm³/mol. The molecule has 3 rings (SSSR count). The number of sulfonamides is 1. The molecule has 1 aliphatic rings. The molecule has 25 heavy (non-hydrogen) atoms. The van der Waals surface area contributed by atoms with Crippen LogP contribution in [0.3, 0.4) is 0 Å². The number of hydrogen-bond acceptors (Lipinski definition) is 3. The zero-order chi connectivity index (χ0) is 17.7. The first-order chi connectivity index (χ1) is 12.0. The molecule has 0 bridgehead atoms. The van der Waals surface area contributed by atoms with Crippen molar-refractivity contribution in [1.82, 2.24) is 4.72 Å². The average molecular weight is 359 g/mol. The second kappa shape index (κ2) is 8.02. The molecule has 0 aromatic heterocycles. The van der Waals surface area contributed by atoms with Gasteiger partial charge in [-0.3, -0.25) is 0 Å². The van der Waals surface area contributed by atoms with Crippen LogP contribution >= 0.6 is 0 Å². The molecule has 4 nitrogen and oxygen atoms in total. The molecule has 1 saturated heterocycles. The summed E-state index contributed by atoms with van der Waals surface area (Å²) in [5.74, 6) is 0.0353. The van der Waals surface area contributed by atoms with Gasteiger partial charge in [-0.05, 0) is 55.0 Å². The molecule has 1 aliphatic heterocycles. The molecule has 1 fully saturated rings. The van der Waals surface area contributed by atoms with Crippen LogP contribution in [0.1, 0.15) is 29.5 Å². The summed E-state index contributed by atoms with van der Waals surface area (Å²) in [4.78, 5) is 2.40. The van der Waals surface area contributed by atoms with Crippen molar-refractivity contribution in [2.24, 2.45) is 0 Å². The van der Waals surface area contributed by atoms with Crippen molar-refractivity contribution in [2.45, 2.75) is 31.9 Å². The summed E-state index contributed by atoms with van der Waals surface area (Å²) in [5.41, 5.74) is 4.28. The molecule has 1 N–H and O–H groups in total. The van der Waals surface area contributed by atoms with Crippen LogP contribution in [0.5, 0.6) is 0 Å². The van der Waals surface area contributed by atoms with E-state index in [0.717, 1.165) is 29.8 Å². The highest BCUT2D eigenvalue weighted by atomic mass is 32.2. The SMILES string of the molecule is Cc1ccccc1CS(=O)(=O)NCCc1ccc(N2CCCC2)cc1. The van der Waals surface area contributed by atoms with Crippen LogP contribution in [0.4, 0.5) is 5.69 Å². The highest BCUT2D eigenvalue weighted by Crippen LogP contribution is 2.20. The Hall–Kier alpha value is -1.85. The molecule has 134 valence electrons. The van der Waals surface area contributed by atoms with Gasteiger partial charge >= 0.3 is 0 Å². The largest absolute Gasteiger partial charge is 0.372 e. The summed E-state index contributed by atoms with van der Waals surface area (Å²) in [6.07, 6.45) is 3.24. The highest BCUT2D eigenvalue weighted by molar-refractivity contribution is 7.88. The molecule has 1 heterocycles. The second-order valence-electron chi connectivity index (χ2n) is 6.69. The van der Waals surface area contributed by atoms with Gasteiger partial charge in [0.2, 0.25) is 10.0 Å². The van der Waals surface area contributed by atoms with E-state index in [9.17, 15) is 8.42 Å². The van der Waals surface area contributed by atoms with Crippen molar-refractivity contribution < 1.29 is 8.42 Å². The van der Waals surface area contributed by atoms with E-state index in [1.807, 2.05) is 31.2 Å². The molecular formula is C20H26N2O2S. The zero-order valence-corrected chi connectivity index (χ0v) is 15.6. The second-order valence-corrected chi connectivity index (χ2v) is 8.50. The summed E-state index contributed by atoms with van der Waals surface area (Å²) >= 11 is 0. The van der Waals surface area contributed by atoms with Gasteiger partial charge in [-0.15, -0.1) is 0 Å². The summed E-state index contributed by atoms with van der Waals surface area (Å²) in [7, 11) is -3.31. The van der Waals surface area contributed by atoms with E-state index in [1.54, 1.807) is 0 Å². The van der Waals surface area contributed by atoms with Gasteiger partial charge in [0.1, 0.15) is 0 Å². The Kier molecular flexibility index (Phi) is 5.76. The normalized spacial score (nSPS) is 14.8. The smallest absolute Gasteiger partial charge is 0.215 e. The minimum absolute atomic E-state index is 0.0353. The van der Waals surface area contributed by atoms with Crippen LogP contribution in [0, 0.1) is 6.92 Å². The average Bonchev–Trinajstić information content (AvgIpc) is 3.12. The van der Waals surface area contributed by atoms with Crippen LogP contribution in [0.15, 0.2) is 48.5 Å². The van der Waals surface area contributed by atoms with E-state index in [1.165, 1.54) is 18.5 Å². The van der Waals surface area contributed by atoms with Gasteiger partial charge in [0.15, 0.2) is 0 Å². The number of benzene rings is 2. The summed E-state index contributed by atoms with van der Waals surface area (Å²) in [5, 5.41) is 0. The summed E-state index contributed by atoms with van der Waals surface area (Å²) in [6, 6.07) is 16.1. The molecule has 2 aromatic rings. The molecule has 0 saturated carbocycles. The van der Waals surface area contributed by atoms with Crippen LogP contribution in [-0.4, -0.2) is 28.1 Å². The molecule has 0 aliphatic carbocycles. The number of hydrogen-bond donors (Lipinski definition) is 1. The molecule has 0 radical (unpaired) electrons. The van der Waals surface area contributed by atoms with Gasteiger partial charge in [-0.2, -0.15) is 0 Å². The summed E-state index contributed by atoms with van der Waals surface area (Å²) < 4.78 is 27.2. The molecule has 0 amide bonds. The fourth-order valence-electron chi connectivity index (χ4n) is 3.23. The third-order valence-electron chi connectivity index (χ3n) is 4.75. The minimum Gasteiger partial charge on any atom is -0.372 e. The molecule has 5 heteroatoms. The van der Waals surface area contributed by atoms with Crippen LogP contribution in [0.25, 0.3) is 0 Å². The lowest BCUT2D eigenvalue weighted by atomic mass is 10.1. The highest BCUT2D eigenvalue weighted by Gasteiger charge is 2.13. The topological polar surface area (TPSA) is 49.4 Å². The Labute approximate surface area is 150 Å². The standard InChI is InChI=1S/C20H26N2O2S/c1-17-6-2-3-7-19(17)16-25(23,24)21-13-12-18-8-10-20(11-9-18)22-14-4-5-15-22/h2-3,6-11,21H,4-5,12-16H2,1H3. The van der Waals surface area contributed by atoms with Crippen LogP contribution in [0.2, 0.25) is 0 Å². The lowest BCUT2D eigenvalue weighted by Gasteiger charge is -2.17. The van der Waals surface area contributed by atoms with Gasteiger partial charge in [0.05, 0.1) is 5.75 Å². The molecule has 0 atom stereocenters. The van der Waals surface area contributed by atoms with Gasteiger partial charge in [-0.1, -0.05) is 36.4 Å². The maximum atomic E-state index is 12.3. The number of nitrogens with one attached hydrogen (secondary N) is 1. The van der Waals surface area contributed by atoms with Crippen molar-refractivity contribution in [3.63, 3.8) is 0 Å². The number of aryl methyl sites for hydroxylation is 1. The van der Waals surface area contributed by atoms with Crippen LogP contribution < -0.4 is 9.62 Å². The molecular weight excluding hydrogens is 332 g/mol. The summed E-state index contributed by atoms with van der Waals surface area (Å²) in [6.45, 7) is 4.64. The van der Waals surface area contributed by atoms with E-state index < -0.39 is 10.0 Å². The monoisotopic (exact) mass is 358 g/mol. The quantitative estimate of drug-likeness (QED) is 0.826. The predicted octanol–water partition coefficient (Wildman–Crippen LogP) is 3.26.